The van der Waals surface area contributed by atoms with Gasteiger partial charge in [-0.1, -0.05) is 18.2 Å². The molecule has 0 amide bonds. The number of nitrogens with one attached hydrogen (secondary N) is 2. The maximum absolute atomic E-state index is 5.86. The van der Waals surface area contributed by atoms with Crippen molar-refractivity contribution in [3.05, 3.63) is 53.6 Å². The van der Waals surface area contributed by atoms with Crippen molar-refractivity contribution in [3.8, 4) is 0 Å². The monoisotopic (exact) mass is 413 g/mol. The van der Waals surface area contributed by atoms with Crippen molar-refractivity contribution in [3.63, 3.8) is 0 Å². The zero-order valence-electron chi connectivity index (χ0n) is 17.1. The number of imidazole rings is 1. The zero-order valence-corrected chi connectivity index (χ0v) is 17.1. The molecule has 2 bridgehead atoms. The maximum Gasteiger partial charge on any atom is 0.179 e. The van der Waals surface area contributed by atoms with Gasteiger partial charge in [-0.15, -0.1) is 0 Å². The van der Waals surface area contributed by atoms with Crippen molar-refractivity contribution in [1.29, 1.82) is 0 Å². The van der Waals surface area contributed by atoms with Crippen molar-refractivity contribution in [2.45, 2.75) is 50.3 Å². The summed E-state index contributed by atoms with van der Waals surface area (Å²) in [5.41, 5.74) is 6.19. The van der Waals surface area contributed by atoms with Crippen LogP contribution in [0, 0.1) is 0 Å². The van der Waals surface area contributed by atoms with Gasteiger partial charge in [-0.25, -0.2) is 19.6 Å². The number of anilines is 1. The highest BCUT2D eigenvalue weighted by Crippen LogP contribution is 2.42. The Morgan fingerprint density at radius 1 is 1.19 bits per heavy atom. The molecule has 2 N–H and O–H groups in total. The molecule has 8 heteroatoms. The van der Waals surface area contributed by atoms with Crippen molar-refractivity contribution in [2.75, 3.05) is 11.9 Å². The highest BCUT2D eigenvalue weighted by atomic mass is 16.5. The highest BCUT2D eigenvalue weighted by Gasteiger charge is 2.36. The smallest absolute Gasteiger partial charge is 0.179 e. The van der Waals surface area contributed by atoms with E-state index in [1.54, 1.807) is 0 Å². The number of nitrogens with zero attached hydrogens (tertiary/aromatic N) is 5. The third kappa shape index (κ3) is 2.93. The van der Waals surface area contributed by atoms with E-state index in [1.807, 2.05) is 30.5 Å². The molecule has 3 aromatic heterocycles. The molecule has 1 aliphatic heterocycles. The Morgan fingerprint density at radius 2 is 2.13 bits per heavy atom. The summed E-state index contributed by atoms with van der Waals surface area (Å²) in [7, 11) is 0. The second-order valence-corrected chi connectivity index (χ2v) is 8.78. The molecule has 0 spiro atoms. The number of H-pyrrole nitrogens is 1. The third-order valence-corrected chi connectivity index (χ3v) is 6.63. The van der Waals surface area contributed by atoms with Crippen molar-refractivity contribution >= 4 is 28.0 Å². The summed E-state index contributed by atoms with van der Waals surface area (Å²) in [6, 6.07) is 8.25. The first-order valence-corrected chi connectivity index (χ1v) is 11.0. The van der Waals surface area contributed by atoms with Crippen LogP contribution < -0.4 is 5.32 Å². The number of para-hydroxylation sites is 2. The van der Waals surface area contributed by atoms with Gasteiger partial charge in [0.15, 0.2) is 17.0 Å². The van der Waals surface area contributed by atoms with Crippen LogP contribution in [0.15, 0.2) is 42.1 Å². The second-order valence-electron chi connectivity index (χ2n) is 8.78. The van der Waals surface area contributed by atoms with Crippen molar-refractivity contribution in [1.82, 2.24) is 29.7 Å². The molecule has 2 saturated carbocycles. The molecule has 0 saturated heterocycles. The first kappa shape index (κ1) is 17.4. The zero-order chi connectivity index (χ0) is 20.4. The second kappa shape index (κ2) is 6.62. The highest BCUT2D eigenvalue weighted by molar-refractivity contribution is 5.84. The van der Waals surface area contributed by atoms with E-state index in [2.05, 4.69) is 26.0 Å². The number of hydrogen-bond donors (Lipinski definition) is 2. The standard InChI is InChI=1S/C23H23N7O/c1-2-4-17-16(3-1)26-20(27-17)12-25-22-21-23(28-18(11-24-21)13-5-6-13)30(29-22)19-10-15-9-14(19)7-8-31-15/h1-4,7,11,13,15,19H,5-6,8-10,12H2,(H,25,29)(H,26,27)/t15?,19-/m0/s1. The molecule has 31 heavy (non-hydrogen) atoms. The van der Waals surface area contributed by atoms with Gasteiger partial charge in [0.05, 0.1) is 42.0 Å². The number of aromatic amines is 1. The summed E-state index contributed by atoms with van der Waals surface area (Å²) in [5, 5.41) is 8.42. The lowest BCUT2D eigenvalue weighted by Crippen LogP contribution is -2.11. The van der Waals surface area contributed by atoms with E-state index in [4.69, 9.17) is 19.8 Å². The van der Waals surface area contributed by atoms with Crippen LogP contribution in [0.3, 0.4) is 0 Å². The number of hydrogen-bond acceptors (Lipinski definition) is 6. The molecule has 8 nitrogen and oxygen atoms in total. The number of benzene rings is 1. The molecule has 1 unspecified atom stereocenters. The minimum absolute atomic E-state index is 0.195. The molecule has 7 rings (SSSR count). The summed E-state index contributed by atoms with van der Waals surface area (Å²) in [5.74, 6) is 2.19. The fourth-order valence-corrected chi connectivity index (χ4v) is 4.87. The first-order valence-electron chi connectivity index (χ1n) is 11.0. The van der Waals surface area contributed by atoms with Gasteiger partial charge in [0.1, 0.15) is 5.82 Å². The van der Waals surface area contributed by atoms with E-state index in [9.17, 15) is 0 Å². The fraction of sp³-hybridized carbons (Fsp3) is 0.391. The van der Waals surface area contributed by atoms with Gasteiger partial charge in [-0.2, -0.15) is 5.10 Å². The first-order chi connectivity index (χ1) is 15.3. The molecular weight excluding hydrogens is 390 g/mol. The van der Waals surface area contributed by atoms with Crippen molar-refractivity contribution in [2.24, 2.45) is 0 Å². The molecular formula is C23H23N7O. The Kier molecular flexibility index (Phi) is 3.72. The lowest BCUT2D eigenvalue weighted by Gasteiger charge is -2.13. The van der Waals surface area contributed by atoms with E-state index < -0.39 is 0 Å². The number of fused-ring (bicyclic) bond motifs is 4. The van der Waals surface area contributed by atoms with Gasteiger partial charge in [-0.05, 0) is 37.0 Å². The van der Waals surface area contributed by atoms with Crippen molar-refractivity contribution < 1.29 is 4.74 Å². The Hall–Kier alpha value is -3.26. The lowest BCUT2D eigenvalue weighted by atomic mass is 10.1. The average Bonchev–Trinajstić information content (AvgIpc) is 3.38. The Morgan fingerprint density at radius 3 is 3.00 bits per heavy atom. The molecule has 0 radical (unpaired) electrons. The van der Waals surface area contributed by atoms with E-state index in [-0.39, 0.29) is 12.1 Å². The minimum Gasteiger partial charge on any atom is -0.374 e. The van der Waals surface area contributed by atoms with Crippen LogP contribution in [-0.4, -0.2) is 42.4 Å². The van der Waals surface area contributed by atoms with Crippen LogP contribution in [0.1, 0.15) is 49.2 Å². The van der Waals surface area contributed by atoms with Crippen LogP contribution in [-0.2, 0) is 11.3 Å². The summed E-state index contributed by atoms with van der Waals surface area (Å²) < 4.78 is 7.94. The predicted octanol–water partition coefficient (Wildman–Crippen LogP) is 3.85. The van der Waals surface area contributed by atoms with E-state index in [0.29, 0.717) is 19.1 Å². The Labute approximate surface area is 178 Å². The SMILES string of the molecule is C1=C2CC(C[C@@H]2n2nc(NCc3nc4ccccc4[nH]3)c3ncc(C4CC4)nc32)OC1. The Bertz CT molecular complexity index is 1300. The Balaban J connectivity index is 1.26. The van der Waals surface area contributed by atoms with Gasteiger partial charge >= 0.3 is 0 Å². The van der Waals surface area contributed by atoms with Crippen LogP contribution in [0.2, 0.25) is 0 Å². The van der Waals surface area contributed by atoms with Gasteiger partial charge in [0.25, 0.3) is 0 Å². The van der Waals surface area contributed by atoms with Gasteiger partial charge < -0.3 is 15.0 Å². The largest absolute Gasteiger partial charge is 0.374 e. The normalized spacial score (nSPS) is 22.9. The average molecular weight is 413 g/mol. The van der Waals surface area contributed by atoms with Crippen LogP contribution >= 0.6 is 0 Å². The van der Waals surface area contributed by atoms with E-state index in [1.165, 1.54) is 18.4 Å². The minimum atomic E-state index is 0.195. The topological polar surface area (TPSA) is 93.5 Å². The molecule has 4 aromatic rings. The molecule has 2 aliphatic carbocycles. The van der Waals surface area contributed by atoms with Crippen LogP contribution in [0.25, 0.3) is 22.2 Å². The maximum atomic E-state index is 5.86. The van der Waals surface area contributed by atoms with E-state index in [0.717, 1.165) is 52.4 Å². The third-order valence-electron chi connectivity index (χ3n) is 6.63. The molecule has 2 fully saturated rings. The van der Waals surface area contributed by atoms with E-state index >= 15 is 0 Å². The fourth-order valence-electron chi connectivity index (χ4n) is 4.87. The number of aromatic nitrogens is 6. The lowest BCUT2D eigenvalue weighted by molar-refractivity contribution is 0.0738. The summed E-state index contributed by atoms with van der Waals surface area (Å²) in [6.07, 6.45) is 8.77. The van der Waals surface area contributed by atoms with Gasteiger partial charge in [-0.3, -0.25) is 0 Å². The van der Waals surface area contributed by atoms with Gasteiger partial charge in [0.2, 0.25) is 0 Å². The molecule has 1 aromatic carbocycles. The number of rotatable bonds is 5. The molecule has 4 heterocycles. The van der Waals surface area contributed by atoms with Crippen LogP contribution in [0.5, 0.6) is 0 Å². The van der Waals surface area contributed by atoms with Gasteiger partial charge in [0, 0.05) is 18.5 Å². The molecule has 3 aliphatic rings. The van der Waals surface area contributed by atoms with Crippen LogP contribution in [0.4, 0.5) is 5.82 Å². The predicted molar refractivity (Wildman–Crippen MR) is 117 cm³/mol. The molecule has 156 valence electrons. The summed E-state index contributed by atoms with van der Waals surface area (Å²) >= 11 is 0. The quantitative estimate of drug-likeness (QED) is 0.483. The summed E-state index contributed by atoms with van der Waals surface area (Å²) in [4.78, 5) is 17.8. The number of ether oxygens (including phenoxy) is 1. The summed E-state index contributed by atoms with van der Waals surface area (Å²) in [6.45, 7) is 1.25. The molecule has 2 atom stereocenters.